The first kappa shape index (κ1) is 15.6. The highest BCUT2D eigenvalue weighted by Gasteiger charge is 2.03. The van der Waals surface area contributed by atoms with Crippen LogP contribution in [0.5, 0.6) is 0 Å². The third-order valence-electron chi connectivity index (χ3n) is 2.59. The van der Waals surface area contributed by atoms with Crippen LogP contribution in [-0.4, -0.2) is 44.9 Å². The van der Waals surface area contributed by atoms with Crippen LogP contribution in [0.25, 0.3) is 0 Å². The van der Waals surface area contributed by atoms with Gasteiger partial charge in [0.2, 0.25) is 0 Å². The van der Waals surface area contributed by atoms with Gasteiger partial charge >= 0.3 is 0 Å². The number of rotatable bonds is 10. The average molecular weight is 268 g/mol. The van der Waals surface area contributed by atoms with Crippen molar-refractivity contribution in [2.45, 2.75) is 6.42 Å². The summed E-state index contributed by atoms with van der Waals surface area (Å²) >= 11 is 0. The number of hydrogen-bond acceptors (Lipinski definition) is 5. The fourth-order valence-corrected chi connectivity index (χ4v) is 1.53. The molecule has 1 aromatic carbocycles. The molecule has 0 aliphatic carbocycles. The monoisotopic (exact) mass is 268 g/mol. The Labute approximate surface area is 112 Å². The van der Waals surface area contributed by atoms with Gasteiger partial charge in [-0.25, -0.2) is 0 Å². The van der Waals surface area contributed by atoms with Crippen molar-refractivity contribution in [3.63, 3.8) is 0 Å². The van der Waals surface area contributed by atoms with Crippen molar-refractivity contribution in [2.24, 2.45) is 0 Å². The highest BCUT2D eigenvalue weighted by Crippen LogP contribution is 2.11. The van der Waals surface area contributed by atoms with Gasteiger partial charge in [-0.15, -0.1) is 0 Å². The normalized spacial score (nSPS) is 10.6. The first-order valence-corrected chi connectivity index (χ1v) is 6.25. The Morgan fingerprint density at radius 1 is 1.16 bits per heavy atom. The van der Waals surface area contributed by atoms with Crippen molar-refractivity contribution in [3.8, 4) is 0 Å². The van der Waals surface area contributed by atoms with E-state index in [1.807, 2.05) is 0 Å². The molecule has 0 heterocycles. The van der Waals surface area contributed by atoms with E-state index in [4.69, 9.17) is 9.47 Å². The van der Waals surface area contributed by atoms with E-state index in [1.165, 1.54) is 12.1 Å². The number of methoxy groups -OCH3 is 1. The molecule has 0 aliphatic heterocycles. The number of nitro groups is 1. The van der Waals surface area contributed by atoms with Gasteiger partial charge in [0.15, 0.2) is 0 Å². The van der Waals surface area contributed by atoms with Gasteiger partial charge in [-0.2, -0.15) is 0 Å². The molecule has 0 atom stereocenters. The molecule has 0 fully saturated rings. The second-order valence-electron chi connectivity index (χ2n) is 4.03. The Morgan fingerprint density at radius 2 is 1.89 bits per heavy atom. The lowest BCUT2D eigenvalue weighted by molar-refractivity contribution is -0.384. The van der Waals surface area contributed by atoms with Crippen LogP contribution < -0.4 is 5.32 Å². The minimum atomic E-state index is -0.389. The molecular formula is C13H20N2O4. The Morgan fingerprint density at radius 3 is 2.53 bits per heavy atom. The number of nitro benzene ring substituents is 1. The van der Waals surface area contributed by atoms with Crippen LogP contribution in [0.4, 0.5) is 5.69 Å². The fourth-order valence-electron chi connectivity index (χ4n) is 1.53. The molecule has 0 bridgehead atoms. The van der Waals surface area contributed by atoms with Crippen molar-refractivity contribution in [2.75, 3.05) is 40.0 Å². The SMILES string of the molecule is COCCOCCNCCc1ccc([N+](=O)[O-])cc1. The van der Waals surface area contributed by atoms with E-state index < -0.39 is 0 Å². The van der Waals surface area contributed by atoms with E-state index in [-0.39, 0.29) is 10.6 Å². The van der Waals surface area contributed by atoms with Gasteiger partial charge in [-0.05, 0) is 18.5 Å². The van der Waals surface area contributed by atoms with Gasteiger partial charge in [0.05, 0.1) is 24.7 Å². The predicted molar refractivity (Wildman–Crippen MR) is 72.4 cm³/mol. The quantitative estimate of drug-likeness (QED) is 0.394. The summed E-state index contributed by atoms with van der Waals surface area (Å²) in [6, 6.07) is 6.64. The van der Waals surface area contributed by atoms with Gasteiger partial charge in [0, 0.05) is 25.8 Å². The molecule has 19 heavy (non-hydrogen) atoms. The molecule has 0 radical (unpaired) electrons. The van der Waals surface area contributed by atoms with Crippen molar-refractivity contribution in [1.82, 2.24) is 5.32 Å². The van der Waals surface area contributed by atoms with Crippen LogP contribution in [-0.2, 0) is 15.9 Å². The summed E-state index contributed by atoms with van der Waals surface area (Å²) in [5.74, 6) is 0. The molecule has 6 nitrogen and oxygen atoms in total. The summed E-state index contributed by atoms with van der Waals surface area (Å²) in [6.45, 7) is 3.50. The van der Waals surface area contributed by atoms with E-state index in [2.05, 4.69) is 5.32 Å². The summed E-state index contributed by atoms with van der Waals surface area (Å²) in [5, 5.41) is 13.7. The molecule has 1 N–H and O–H groups in total. The van der Waals surface area contributed by atoms with Crippen molar-refractivity contribution >= 4 is 5.69 Å². The summed E-state index contributed by atoms with van der Waals surface area (Å²) in [7, 11) is 1.64. The van der Waals surface area contributed by atoms with Crippen molar-refractivity contribution in [3.05, 3.63) is 39.9 Å². The molecule has 0 saturated carbocycles. The zero-order valence-electron chi connectivity index (χ0n) is 11.1. The van der Waals surface area contributed by atoms with Gasteiger partial charge < -0.3 is 14.8 Å². The Bertz CT molecular complexity index is 367. The van der Waals surface area contributed by atoms with Crippen molar-refractivity contribution in [1.29, 1.82) is 0 Å². The first-order chi connectivity index (χ1) is 9.24. The van der Waals surface area contributed by atoms with Gasteiger partial charge in [-0.3, -0.25) is 10.1 Å². The molecule has 0 unspecified atom stereocenters. The second-order valence-corrected chi connectivity index (χ2v) is 4.03. The predicted octanol–water partition coefficient (Wildman–Crippen LogP) is 1.39. The molecule has 1 rings (SSSR count). The maximum atomic E-state index is 10.5. The van der Waals surface area contributed by atoms with Gasteiger partial charge in [-0.1, -0.05) is 12.1 Å². The van der Waals surface area contributed by atoms with Crippen LogP contribution in [0.1, 0.15) is 5.56 Å². The molecule has 0 amide bonds. The number of non-ortho nitro benzene ring substituents is 1. The second kappa shape index (κ2) is 9.43. The topological polar surface area (TPSA) is 73.6 Å². The summed E-state index contributed by atoms with van der Waals surface area (Å²) < 4.78 is 10.2. The molecule has 0 saturated heterocycles. The molecule has 0 aromatic heterocycles. The largest absolute Gasteiger partial charge is 0.382 e. The standard InChI is InChI=1S/C13H20N2O4/c1-18-10-11-19-9-8-14-7-6-12-2-4-13(5-3-12)15(16)17/h2-5,14H,6-11H2,1H3. The van der Waals surface area contributed by atoms with E-state index in [9.17, 15) is 10.1 Å². The minimum Gasteiger partial charge on any atom is -0.382 e. The Balaban J connectivity index is 2.07. The van der Waals surface area contributed by atoms with Crippen molar-refractivity contribution < 1.29 is 14.4 Å². The highest BCUT2D eigenvalue weighted by molar-refractivity contribution is 5.32. The highest BCUT2D eigenvalue weighted by atomic mass is 16.6. The molecule has 0 spiro atoms. The summed E-state index contributed by atoms with van der Waals surface area (Å²) in [6.07, 6.45) is 0.843. The van der Waals surface area contributed by atoms with Crippen LogP contribution in [0, 0.1) is 10.1 Å². The third kappa shape index (κ3) is 6.85. The first-order valence-electron chi connectivity index (χ1n) is 6.25. The smallest absolute Gasteiger partial charge is 0.269 e. The lowest BCUT2D eigenvalue weighted by atomic mass is 10.1. The number of benzene rings is 1. The zero-order chi connectivity index (χ0) is 13.9. The van der Waals surface area contributed by atoms with Crippen LogP contribution in [0.3, 0.4) is 0 Å². The molecular weight excluding hydrogens is 248 g/mol. The fraction of sp³-hybridized carbons (Fsp3) is 0.538. The van der Waals surface area contributed by atoms with Crippen LogP contribution in [0.2, 0.25) is 0 Å². The molecule has 6 heteroatoms. The molecule has 0 aliphatic rings. The Kier molecular flexibility index (Phi) is 7.72. The number of ether oxygens (including phenoxy) is 2. The Hall–Kier alpha value is -1.50. The number of nitrogens with one attached hydrogen (secondary N) is 1. The van der Waals surface area contributed by atoms with Gasteiger partial charge in [0.1, 0.15) is 0 Å². The van der Waals surface area contributed by atoms with Gasteiger partial charge in [0.25, 0.3) is 5.69 Å². The summed E-state index contributed by atoms with van der Waals surface area (Å²) in [4.78, 5) is 10.1. The lowest BCUT2D eigenvalue weighted by Gasteiger charge is -2.06. The molecule has 106 valence electrons. The zero-order valence-corrected chi connectivity index (χ0v) is 11.1. The van der Waals surface area contributed by atoms with Crippen LogP contribution >= 0.6 is 0 Å². The number of hydrogen-bond donors (Lipinski definition) is 1. The lowest BCUT2D eigenvalue weighted by Crippen LogP contribution is -2.22. The maximum Gasteiger partial charge on any atom is 0.269 e. The maximum absolute atomic E-state index is 10.5. The summed E-state index contributed by atoms with van der Waals surface area (Å²) in [5.41, 5.74) is 1.21. The number of nitrogens with zero attached hydrogens (tertiary/aromatic N) is 1. The van der Waals surface area contributed by atoms with E-state index in [1.54, 1.807) is 19.2 Å². The average Bonchev–Trinajstić information content (AvgIpc) is 2.42. The van der Waals surface area contributed by atoms with E-state index in [0.29, 0.717) is 19.8 Å². The molecule has 1 aromatic rings. The van der Waals surface area contributed by atoms with E-state index >= 15 is 0 Å². The minimum absolute atomic E-state index is 0.128. The van der Waals surface area contributed by atoms with Crippen LogP contribution in [0.15, 0.2) is 24.3 Å². The van der Waals surface area contributed by atoms with E-state index in [0.717, 1.165) is 25.1 Å². The third-order valence-corrected chi connectivity index (χ3v) is 2.59.